The van der Waals surface area contributed by atoms with Gasteiger partial charge in [-0.2, -0.15) is 0 Å². The van der Waals surface area contributed by atoms with E-state index in [0.717, 1.165) is 17.0 Å². The summed E-state index contributed by atoms with van der Waals surface area (Å²) in [6, 6.07) is 25.5. The van der Waals surface area contributed by atoms with E-state index in [1.54, 1.807) is 6.07 Å². The van der Waals surface area contributed by atoms with Crippen molar-refractivity contribution in [3.63, 3.8) is 0 Å². The Morgan fingerprint density at radius 1 is 0.750 bits per heavy atom. The Bertz CT molecular complexity index is 2310. The van der Waals surface area contributed by atoms with Gasteiger partial charge in [-0.1, -0.05) is 98.3 Å². The summed E-state index contributed by atoms with van der Waals surface area (Å²) in [5.41, 5.74) is 7.45. The Hall–Kier alpha value is -4.19. The third-order valence-electron chi connectivity index (χ3n) is 8.00. The molecule has 0 aliphatic heterocycles. The van der Waals surface area contributed by atoms with Crippen molar-refractivity contribution in [2.45, 2.75) is 85.4 Å². The van der Waals surface area contributed by atoms with Gasteiger partial charge in [-0.15, -0.1) is 53.6 Å². The minimum atomic E-state index is -2.35. The molecular weight excluding hydrogens is 773 g/mol. The number of benzene rings is 3. The van der Waals surface area contributed by atoms with Crippen LogP contribution in [0.1, 0.15) is 89.1 Å². The van der Waals surface area contributed by atoms with Crippen molar-refractivity contribution < 1.29 is 33.1 Å². The van der Waals surface area contributed by atoms with Crippen molar-refractivity contribution >= 4 is 33.0 Å². The number of nitrogens with zero attached hydrogens (tertiary/aromatic N) is 4. The van der Waals surface area contributed by atoms with Crippen molar-refractivity contribution in [2.24, 2.45) is 0 Å². The Morgan fingerprint density at radius 2 is 1.54 bits per heavy atom. The van der Waals surface area contributed by atoms with Crippen LogP contribution in [0.5, 0.6) is 0 Å². The van der Waals surface area contributed by atoms with Crippen molar-refractivity contribution in [3.05, 3.63) is 108 Å². The zero-order valence-electron chi connectivity index (χ0n) is 31.9. The maximum Gasteiger partial charge on any atom is 0.200 e. The second kappa shape index (κ2) is 13.0. The fraction of sp³-hybridized carbons (Fsp3) is 0.317. The molecule has 7 rings (SSSR count). The van der Waals surface area contributed by atoms with Gasteiger partial charge in [-0.25, -0.2) is 9.97 Å². The number of aryl methyl sites for hydroxylation is 1. The predicted octanol–water partition coefficient (Wildman–Crippen LogP) is 10.7. The fourth-order valence-corrected chi connectivity index (χ4v) is 5.21. The predicted molar refractivity (Wildman–Crippen MR) is 190 cm³/mol. The van der Waals surface area contributed by atoms with E-state index in [4.69, 9.17) is 12.9 Å². The van der Waals surface area contributed by atoms with Crippen LogP contribution in [-0.2, 0) is 36.4 Å². The molecule has 0 aliphatic carbocycles. The molecule has 0 saturated heterocycles. The Morgan fingerprint density at radius 3 is 2.17 bits per heavy atom. The largest absolute Gasteiger partial charge is 0.500 e. The molecule has 0 spiro atoms. The van der Waals surface area contributed by atoms with Crippen LogP contribution in [-0.4, -0.2) is 19.9 Å². The van der Waals surface area contributed by atoms with E-state index in [2.05, 4.69) is 85.7 Å². The third kappa shape index (κ3) is 7.13. The van der Waals surface area contributed by atoms with Crippen LogP contribution in [0.4, 0.5) is 0 Å². The van der Waals surface area contributed by atoms with Gasteiger partial charge in [0.1, 0.15) is 17.4 Å². The Kier molecular flexibility index (Phi) is 8.44. The molecule has 0 amide bonds. The summed E-state index contributed by atoms with van der Waals surface area (Å²) >= 11 is 0. The van der Waals surface area contributed by atoms with Crippen molar-refractivity contribution in [1.82, 2.24) is 19.9 Å². The van der Waals surface area contributed by atoms with Gasteiger partial charge in [0.05, 0.1) is 5.58 Å². The fourth-order valence-electron chi connectivity index (χ4n) is 5.21. The van der Waals surface area contributed by atoms with E-state index in [1.165, 1.54) is 18.0 Å². The molecule has 6 nitrogen and oxygen atoms in total. The first kappa shape index (κ1) is 31.1. The van der Waals surface area contributed by atoms with Gasteiger partial charge in [-0.05, 0) is 28.4 Å². The summed E-state index contributed by atoms with van der Waals surface area (Å²) in [4.78, 5) is 18.0. The topological polar surface area (TPSA) is 77.8 Å². The molecule has 0 unspecified atom stereocenters. The summed E-state index contributed by atoms with van der Waals surface area (Å²) in [7, 11) is 0. The SMILES string of the molecule is CC(C)(C)c1ccc(-c2[c-]cccc2)nc1.[2H]C([2H])([2H])c1c[c-]c(-c2cc(C(C)(C)C)ncn2)c2oc3cc4oc(C(C)(C)C)nc4cc3c12.[Ir]. The summed E-state index contributed by atoms with van der Waals surface area (Å²) in [5.74, 6) is 0.611. The van der Waals surface area contributed by atoms with E-state index < -0.39 is 6.85 Å². The van der Waals surface area contributed by atoms with Crippen molar-refractivity contribution in [3.8, 4) is 22.5 Å². The number of hydrogen-bond acceptors (Lipinski definition) is 6. The number of aromatic nitrogens is 4. The summed E-state index contributed by atoms with van der Waals surface area (Å²) in [6.07, 6.45) is 3.47. The first-order valence-corrected chi connectivity index (χ1v) is 15.8. The molecule has 48 heavy (non-hydrogen) atoms. The molecule has 3 aromatic carbocycles. The third-order valence-corrected chi connectivity index (χ3v) is 8.00. The summed E-state index contributed by atoms with van der Waals surface area (Å²) < 4.78 is 36.6. The van der Waals surface area contributed by atoms with Crippen LogP contribution < -0.4 is 0 Å². The summed E-state index contributed by atoms with van der Waals surface area (Å²) in [5, 5.41) is 1.18. The second-order valence-electron chi connectivity index (χ2n) is 15.0. The molecule has 7 heteroatoms. The number of hydrogen-bond donors (Lipinski definition) is 0. The van der Waals surface area contributed by atoms with E-state index in [0.29, 0.717) is 50.2 Å². The first-order valence-electron chi connectivity index (χ1n) is 17.3. The number of fused-ring (bicyclic) bond motifs is 4. The van der Waals surface area contributed by atoms with E-state index in [-0.39, 0.29) is 41.9 Å². The van der Waals surface area contributed by atoms with Crippen LogP contribution >= 0.6 is 0 Å². The first-order chi connectivity index (χ1) is 23.3. The molecule has 4 heterocycles. The van der Waals surface area contributed by atoms with Gasteiger partial charge in [0.25, 0.3) is 0 Å². The van der Waals surface area contributed by atoms with E-state index in [9.17, 15) is 0 Å². The average Bonchev–Trinajstić information content (AvgIpc) is 3.64. The quantitative estimate of drug-likeness (QED) is 0.162. The molecule has 0 atom stereocenters. The van der Waals surface area contributed by atoms with Gasteiger partial charge >= 0.3 is 0 Å². The van der Waals surface area contributed by atoms with E-state index >= 15 is 0 Å². The smallest absolute Gasteiger partial charge is 0.200 e. The number of furan rings is 1. The summed E-state index contributed by atoms with van der Waals surface area (Å²) in [6.45, 7) is 16.5. The number of rotatable bonds is 2. The van der Waals surface area contributed by atoms with Crippen LogP contribution in [0, 0.1) is 19.0 Å². The van der Waals surface area contributed by atoms with Gasteiger partial charge < -0.3 is 13.8 Å². The maximum atomic E-state index is 8.12. The van der Waals surface area contributed by atoms with Gasteiger partial charge in [-0.3, -0.25) is 4.98 Å². The zero-order valence-corrected chi connectivity index (χ0v) is 31.3. The van der Waals surface area contributed by atoms with Crippen LogP contribution in [0.2, 0.25) is 0 Å². The monoisotopic (exact) mass is 818 g/mol. The second-order valence-corrected chi connectivity index (χ2v) is 15.0. The molecule has 0 fully saturated rings. The van der Waals surface area contributed by atoms with E-state index in [1.807, 2.05) is 63.4 Å². The Balaban J connectivity index is 0.000000249. The van der Waals surface area contributed by atoms with Gasteiger partial charge in [0, 0.05) is 58.4 Å². The molecular formula is C41H42IrN4O2-2. The molecule has 0 aliphatic rings. The number of pyridine rings is 1. The normalized spacial score (nSPS) is 13.4. The minimum absolute atomic E-state index is 0. The zero-order chi connectivity index (χ0) is 36.2. The van der Waals surface area contributed by atoms with Crippen LogP contribution in [0.25, 0.3) is 55.6 Å². The molecule has 7 aromatic rings. The van der Waals surface area contributed by atoms with Crippen LogP contribution in [0.3, 0.4) is 0 Å². The molecule has 0 bridgehead atoms. The molecule has 4 aromatic heterocycles. The standard InChI is InChI=1S/C26H26N3O2.C15H16N.Ir/c1-14-8-9-15(17-11-21(25(2,3)4)28-13-27-17)23-22(14)16-10-18-20(12-19(16)30-23)31-24(29-18)26(5,6)7;1-15(2,3)13-9-10-14(16-11-13)12-7-5-4-6-8-12;/h8,10-13H,1-7H3;4-7,9-11H,1-3H3;/q2*-1;/i1D3;;. The van der Waals surface area contributed by atoms with Crippen LogP contribution in [0.15, 0.2) is 82.0 Å². The Labute approximate surface area is 301 Å². The maximum absolute atomic E-state index is 8.12. The molecule has 0 N–H and O–H groups in total. The molecule has 0 saturated carbocycles. The molecule has 249 valence electrons. The molecule has 1 radical (unpaired) electrons. The van der Waals surface area contributed by atoms with Gasteiger partial charge in [0.15, 0.2) is 5.58 Å². The van der Waals surface area contributed by atoms with Gasteiger partial charge in [0.2, 0.25) is 5.89 Å². The number of oxazole rings is 1. The average molecular weight is 818 g/mol. The van der Waals surface area contributed by atoms with Crippen molar-refractivity contribution in [1.29, 1.82) is 0 Å². The van der Waals surface area contributed by atoms with Crippen molar-refractivity contribution in [2.75, 3.05) is 0 Å². The minimum Gasteiger partial charge on any atom is -0.500 e.